The van der Waals surface area contributed by atoms with E-state index in [0.717, 1.165) is 0 Å². The Labute approximate surface area is 98.6 Å². The number of carbonyl (C=O) groups excluding carboxylic acids is 1. The molecular weight excluding hydrogens is 224 g/mol. The Bertz CT molecular complexity index is 443. The van der Waals surface area contributed by atoms with Crippen molar-refractivity contribution in [3.63, 3.8) is 0 Å². The summed E-state index contributed by atoms with van der Waals surface area (Å²) >= 11 is 0. The van der Waals surface area contributed by atoms with Gasteiger partial charge in [0.25, 0.3) is 5.91 Å². The van der Waals surface area contributed by atoms with E-state index in [2.05, 4.69) is 10.3 Å². The highest BCUT2D eigenvalue weighted by Gasteiger charge is 2.30. The van der Waals surface area contributed by atoms with Gasteiger partial charge >= 0.3 is 5.97 Å². The highest BCUT2D eigenvalue weighted by molar-refractivity contribution is 5.99. The van der Waals surface area contributed by atoms with Crippen LogP contribution in [0.15, 0.2) is 18.3 Å². The lowest BCUT2D eigenvalue weighted by atomic mass is 10.1. The van der Waals surface area contributed by atoms with E-state index in [9.17, 15) is 9.59 Å². The Balaban J connectivity index is 2.94. The fourth-order valence-corrected chi connectivity index (χ4v) is 1.13. The second-order valence-electron chi connectivity index (χ2n) is 3.94. The number of pyridine rings is 1. The van der Waals surface area contributed by atoms with Gasteiger partial charge in [-0.3, -0.25) is 4.79 Å². The number of ether oxygens (including phenoxy) is 1. The van der Waals surface area contributed by atoms with Crippen molar-refractivity contribution in [2.75, 3.05) is 7.11 Å². The molecule has 0 fully saturated rings. The van der Waals surface area contributed by atoms with Crippen molar-refractivity contribution >= 4 is 11.9 Å². The lowest BCUT2D eigenvalue weighted by Gasteiger charge is -2.21. The van der Waals surface area contributed by atoms with Crippen molar-refractivity contribution in [3.05, 3.63) is 23.9 Å². The van der Waals surface area contributed by atoms with Crippen LogP contribution in [0.5, 0.6) is 5.88 Å². The molecule has 0 aliphatic rings. The van der Waals surface area contributed by atoms with Crippen LogP contribution in [0.1, 0.15) is 24.2 Å². The molecule has 1 aromatic rings. The number of amides is 1. The highest BCUT2D eigenvalue weighted by Crippen LogP contribution is 2.14. The SMILES string of the molecule is COc1ncccc1C(=O)NC(C)(C)C(=O)O. The number of aliphatic carboxylic acids is 1. The summed E-state index contributed by atoms with van der Waals surface area (Å²) in [6.45, 7) is 2.80. The van der Waals surface area contributed by atoms with Crippen LogP contribution in [0, 0.1) is 0 Å². The molecule has 0 saturated carbocycles. The quantitative estimate of drug-likeness (QED) is 0.805. The van der Waals surface area contributed by atoms with Crippen LogP contribution in [0.3, 0.4) is 0 Å². The van der Waals surface area contributed by atoms with E-state index in [0.29, 0.717) is 0 Å². The van der Waals surface area contributed by atoms with Crippen molar-refractivity contribution in [3.8, 4) is 5.88 Å². The molecule has 1 aromatic heterocycles. The van der Waals surface area contributed by atoms with E-state index in [-0.39, 0.29) is 11.4 Å². The van der Waals surface area contributed by atoms with Gasteiger partial charge in [0.05, 0.1) is 7.11 Å². The second kappa shape index (κ2) is 4.82. The van der Waals surface area contributed by atoms with Crippen LogP contribution in [-0.2, 0) is 4.79 Å². The van der Waals surface area contributed by atoms with E-state index < -0.39 is 17.4 Å². The number of carboxylic acids is 1. The van der Waals surface area contributed by atoms with Crippen LogP contribution < -0.4 is 10.1 Å². The Morgan fingerprint density at radius 3 is 2.65 bits per heavy atom. The lowest BCUT2D eigenvalue weighted by molar-refractivity contribution is -0.143. The van der Waals surface area contributed by atoms with E-state index in [1.165, 1.54) is 33.2 Å². The average Bonchev–Trinajstić information content (AvgIpc) is 2.28. The molecule has 0 spiro atoms. The predicted molar refractivity (Wildman–Crippen MR) is 60.0 cm³/mol. The topological polar surface area (TPSA) is 88.5 Å². The maximum atomic E-state index is 11.9. The van der Waals surface area contributed by atoms with Crippen LogP contribution in [0.4, 0.5) is 0 Å². The fraction of sp³-hybridized carbons (Fsp3) is 0.364. The normalized spacial score (nSPS) is 10.8. The molecule has 6 nitrogen and oxygen atoms in total. The first-order valence-corrected chi connectivity index (χ1v) is 4.93. The molecule has 1 rings (SSSR count). The van der Waals surface area contributed by atoms with Gasteiger partial charge < -0.3 is 15.2 Å². The Kier molecular flexibility index (Phi) is 3.67. The van der Waals surface area contributed by atoms with Crippen LogP contribution in [0.2, 0.25) is 0 Å². The molecule has 92 valence electrons. The van der Waals surface area contributed by atoms with Gasteiger partial charge in [0.15, 0.2) is 0 Å². The van der Waals surface area contributed by atoms with Gasteiger partial charge in [-0.15, -0.1) is 0 Å². The fourth-order valence-electron chi connectivity index (χ4n) is 1.13. The lowest BCUT2D eigenvalue weighted by Crippen LogP contribution is -2.49. The Hall–Kier alpha value is -2.11. The third-order valence-corrected chi connectivity index (χ3v) is 2.17. The first kappa shape index (κ1) is 13.0. The zero-order chi connectivity index (χ0) is 13.1. The minimum atomic E-state index is -1.35. The molecule has 1 amide bonds. The monoisotopic (exact) mass is 238 g/mol. The number of carbonyl (C=O) groups is 2. The molecule has 0 aromatic carbocycles. The largest absolute Gasteiger partial charge is 0.480 e. The number of carboxylic acid groups (broad SMARTS) is 1. The van der Waals surface area contributed by atoms with Crippen molar-refractivity contribution in [2.24, 2.45) is 0 Å². The predicted octanol–water partition coefficient (Wildman–Crippen LogP) is 0.683. The summed E-state index contributed by atoms with van der Waals surface area (Å²) in [4.78, 5) is 26.6. The molecule has 0 bridgehead atoms. The maximum absolute atomic E-state index is 11.9. The summed E-state index contributed by atoms with van der Waals surface area (Å²) in [5.74, 6) is -1.50. The van der Waals surface area contributed by atoms with Crippen LogP contribution in [-0.4, -0.2) is 34.6 Å². The van der Waals surface area contributed by atoms with Crippen molar-refractivity contribution in [1.82, 2.24) is 10.3 Å². The van der Waals surface area contributed by atoms with E-state index >= 15 is 0 Å². The van der Waals surface area contributed by atoms with Gasteiger partial charge in [-0.2, -0.15) is 0 Å². The van der Waals surface area contributed by atoms with E-state index in [1.807, 2.05) is 0 Å². The van der Waals surface area contributed by atoms with Gasteiger partial charge in [-0.1, -0.05) is 0 Å². The van der Waals surface area contributed by atoms with E-state index in [1.54, 1.807) is 6.07 Å². The Morgan fingerprint density at radius 2 is 2.12 bits per heavy atom. The number of nitrogens with one attached hydrogen (secondary N) is 1. The first-order valence-electron chi connectivity index (χ1n) is 4.93. The molecule has 1 heterocycles. The van der Waals surface area contributed by atoms with Gasteiger partial charge in [-0.25, -0.2) is 9.78 Å². The number of nitrogens with zero attached hydrogens (tertiary/aromatic N) is 1. The molecule has 0 aliphatic heterocycles. The van der Waals surface area contributed by atoms with Crippen LogP contribution in [0.25, 0.3) is 0 Å². The van der Waals surface area contributed by atoms with Gasteiger partial charge in [0.1, 0.15) is 11.1 Å². The summed E-state index contributed by atoms with van der Waals surface area (Å²) in [7, 11) is 1.39. The summed E-state index contributed by atoms with van der Waals surface area (Å²) in [6, 6.07) is 3.09. The van der Waals surface area contributed by atoms with Gasteiger partial charge in [0.2, 0.25) is 5.88 Å². The summed E-state index contributed by atoms with van der Waals surface area (Å²) < 4.78 is 4.92. The second-order valence-corrected chi connectivity index (χ2v) is 3.94. The first-order chi connectivity index (χ1) is 7.88. The molecule has 0 aliphatic carbocycles. The molecule has 0 atom stereocenters. The van der Waals surface area contributed by atoms with Gasteiger partial charge in [-0.05, 0) is 26.0 Å². The standard InChI is InChI=1S/C11H14N2O4/c1-11(2,10(15)16)13-8(14)7-5-4-6-12-9(7)17-3/h4-6H,1-3H3,(H,13,14)(H,15,16). The summed E-state index contributed by atoms with van der Waals surface area (Å²) in [6.07, 6.45) is 1.48. The number of hydrogen-bond acceptors (Lipinski definition) is 4. The third kappa shape index (κ3) is 2.93. The molecule has 2 N–H and O–H groups in total. The molecule has 0 saturated heterocycles. The number of hydrogen-bond donors (Lipinski definition) is 2. The Morgan fingerprint density at radius 1 is 1.47 bits per heavy atom. The summed E-state index contributed by atoms with van der Waals surface area (Å²) in [5.41, 5.74) is -1.15. The molecule has 0 radical (unpaired) electrons. The minimum absolute atomic E-state index is 0.159. The molecule has 6 heteroatoms. The molecular formula is C11H14N2O4. The van der Waals surface area contributed by atoms with Crippen molar-refractivity contribution in [2.45, 2.75) is 19.4 Å². The third-order valence-electron chi connectivity index (χ3n) is 2.17. The number of aromatic nitrogens is 1. The zero-order valence-electron chi connectivity index (χ0n) is 9.85. The van der Waals surface area contributed by atoms with Crippen molar-refractivity contribution < 1.29 is 19.4 Å². The zero-order valence-corrected chi connectivity index (χ0v) is 9.85. The number of methoxy groups -OCH3 is 1. The highest BCUT2D eigenvalue weighted by atomic mass is 16.5. The average molecular weight is 238 g/mol. The maximum Gasteiger partial charge on any atom is 0.328 e. The minimum Gasteiger partial charge on any atom is -0.480 e. The molecule has 0 unspecified atom stereocenters. The van der Waals surface area contributed by atoms with Crippen LogP contribution >= 0.6 is 0 Å². The molecule has 17 heavy (non-hydrogen) atoms. The summed E-state index contributed by atoms with van der Waals surface area (Å²) in [5, 5.41) is 11.3. The van der Waals surface area contributed by atoms with Crippen molar-refractivity contribution in [1.29, 1.82) is 0 Å². The van der Waals surface area contributed by atoms with Gasteiger partial charge in [0, 0.05) is 6.20 Å². The smallest absolute Gasteiger partial charge is 0.328 e. The van der Waals surface area contributed by atoms with E-state index in [4.69, 9.17) is 9.84 Å². The number of rotatable bonds is 4.